The van der Waals surface area contributed by atoms with E-state index >= 15 is 0 Å². The average Bonchev–Trinajstić information content (AvgIpc) is 3.30. The van der Waals surface area contributed by atoms with Crippen molar-refractivity contribution in [2.45, 2.75) is 46.3 Å². The largest absolute Gasteiger partial charge is 0.497 e. The molecule has 0 saturated heterocycles. The van der Waals surface area contributed by atoms with Gasteiger partial charge in [-0.15, -0.1) is 11.3 Å². The smallest absolute Gasteiger partial charge is 0.258 e. The summed E-state index contributed by atoms with van der Waals surface area (Å²) in [5, 5.41) is 2.04. The van der Waals surface area contributed by atoms with Crippen molar-refractivity contribution in [3.8, 4) is 11.5 Å². The number of hydrogen-bond acceptors (Lipinski definition) is 5. The van der Waals surface area contributed by atoms with Crippen molar-refractivity contribution in [1.82, 2.24) is 9.80 Å². The van der Waals surface area contributed by atoms with Crippen molar-refractivity contribution >= 4 is 23.2 Å². The van der Waals surface area contributed by atoms with Gasteiger partial charge in [-0.3, -0.25) is 9.59 Å². The van der Waals surface area contributed by atoms with Crippen LogP contribution in [0.1, 0.15) is 46.6 Å². The molecule has 0 fully saturated rings. The van der Waals surface area contributed by atoms with Crippen molar-refractivity contribution in [3.63, 3.8) is 0 Å². The Balaban J connectivity index is 1.89. The first-order chi connectivity index (χ1) is 16.9. The number of carbonyl (C=O) groups is 2. The summed E-state index contributed by atoms with van der Waals surface area (Å²) in [7, 11) is 3.09. The molecule has 0 aliphatic carbocycles. The minimum Gasteiger partial charge on any atom is -0.497 e. The second kappa shape index (κ2) is 12.4. The maximum Gasteiger partial charge on any atom is 0.258 e. The van der Waals surface area contributed by atoms with Gasteiger partial charge in [-0.1, -0.05) is 37.3 Å². The predicted octanol–water partition coefficient (Wildman–Crippen LogP) is 5.54. The molecule has 3 aromatic rings. The van der Waals surface area contributed by atoms with Crippen LogP contribution in [0.15, 0.2) is 60.0 Å². The molecule has 2 amide bonds. The van der Waals surface area contributed by atoms with Gasteiger partial charge in [-0.25, -0.2) is 0 Å². The first kappa shape index (κ1) is 26.3. The summed E-state index contributed by atoms with van der Waals surface area (Å²) in [6.45, 7) is 7.00. The molecule has 0 N–H and O–H groups in total. The van der Waals surface area contributed by atoms with Gasteiger partial charge in [0.1, 0.15) is 18.0 Å². The van der Waals surface area contributed by atoms with Crippen LogP contribution in [0.4, 0.5) is 0 Å². The van der Waals surface area contributed by atoms with Crippen molar-refractivity contribution < 1.29 is 19.1 Å². The Morgan fingerprint density at radius 2 is 1.74 bits per heavy atom. The number of benzene rings is 2. The average molecular weight is 495 g/mol. The summed E-state index contributed by atoms with van der Waals surface area (Å²) < 4.78 is 10.7. The highest BCUT2D eigenvalue weighted by atomic mass is 32.1. The number of carbonyl (C=O) groups excluding carboxylic acids is 2. The summed E-state index contributed by atoms with van der Waals surface area (Å²) in [4.78, 5) is 32.0. The monoisotopic (exact) mass is 494 g/mol. The lowest BCUT2D eigenvalue weighted by atomic mass is 10.1. The van der Waals surface area contributed by atoms with Gasteiger partial charge in [0, 0.05) is 23.5 Å². The molecule has 0 aliphatic heterocycles. The highest BCUT2D eigenvalue weighted by molar-refractivity contribution is 7.10. The van der Waals surface area contributed by atoms with E-state index in [0.29, 0.717) is 30.2 Å². The minimum atomic E-state index is -0.237. The summed E-state index contributed by atoms with van der Waals surface area (Å²) >= 11 is 1.64. The number of ether oxygens (including phenoxy) is 2. The Morgan fingerprint density at radius 3 is 2.34 bits per heavy atom. The van der Waals surface area contributed by atoms with Crippen LogP contribution in [-0.4, -0.2) is 48.4 Å². The number of hydrogen-bond donors (Lipinski definition) is 0. The van der Waals surface area contributed by atoms with Gasteiger partial charge in [0.25, 0.3) is 5.91 Å². The molecular formula is C28H34N2O4S. The van der Waals surface area contributed by atoms with Crippen molar-refractivity contribution in [2.75, 3.05) is 20.8 Å². The molecule has 7 heteroatoms. The molecule has 2 aromatic carbocycles. The zero-order valence-corrected chi connectivity index (χ0v) is 21.9. The first-order valence-corrected chi connectivity index (χ1v) is 12.6. The van der Waals surface area contributed by atoms with Gasteiger partial charge in [0.15, 0.2) is 0 Å². The van der Waals surface area contributed by atoms with E-state index in [1.54, 1.807) is 41.5 Å². The third kappa shape index (κ3) is 6.63. The maximum absolute atomic E-state index is 13.7. The van der Waals surface area contributed by atoms with E-state index < -0.39 is 0 Å². The van der Waals surface area contributed by atoms with Crippen LogP contribution < -0.4 is 9.47 Å². The van der Waals surface area contributed by atoms with Crippen LogP contribution in [0.25, 0.3) is 0 Å². The third-order valence-electron chi connectivity index (χ3n) is 6.20. The summed E-state index contributed by atoms with van der Waals surface area (Å²) in [5.74, 6) is 0.692. The lowest BCUT2D eigenvalue weighted by molar-refractivity contribution is -0.133. The highest BCUT2D eigenvalue weighted by Gasteiger charge is 2.28. The Labute approximate surface area is 212 Å². The van der Waals surface area contributed by atoms with Gasteiger partial charge in [-0.05, 0) is 55.0 Å². The fourth-order valence-electron chi connectivity index (χ4n) is 3.80. The number of amides is 2. The molecule has 1 atom stereocenters. The second-order valence-corrected chi connectivity index (χ2v) is 9.52. The van der Waals surface area contributed by atoms with Crippen LogP contribution in [0.5, 0.6) is 11.5 Å². The molecule has 0 unspecified atom stereocenters. The van der Waals surface area contributed by atoms with Crippen LogP contribution in [0.3, 0.4) is 0 Å². The topological polar surface area (TPSA) is 59.1 Å². The minimum absolute atomic E-state index is 0.0136. The number of aryl methyl sites for hydroxylation is 1. The molecule has 0 saturated carbocycles. The predicted molar refractivity (Wildman–Crippen MR) is 140 cm³/mol. The number of nitrogens with zero attached hydrogens (tertiary/aromatic N) is 2. The van der Waals surface area contributed by atoms with E-state index in [9.17, 15) is 9.59 Å². The zero-order valence-electron chi connectivity index (χ0n) is 21.1. The lowest BCUT2D eigenvalue weighted by Crippen LogP contribution is -2.46. The Hall–Kier alpha value is -3.32. The number of thiophene rings is 1. The standard InChI is InChI=1S/C28H34N2O4S/c1-6-21(3)30(28(32)24-13-12-23(33-4)16-25(24)34-5)19-27(31)29(17-22-10-8-7-9-11-22)18-26-20(2)14-15-35-26/h7-16,21H,6,17-19H2,1-5H3/t21-/m1/s1. The fraction of sp³-hybridized carbons (Fsp3) is 0.357. The van der Waals surface area contributed by atoms with Crippen molar-refractivity contribution in [1.29, 1.82) is 0 Å². The van der Waals surface area contributed by atoms with E-state index in [4.69, 9.17) is 9.47 Å². The van der Waals surface area contributed by atoms with Crippen molar-refractivity contribution in [2.24, 2.45) is 0 Å². The fourth-order valence-corrected chi connectivity index (χ4v) is 4.72. The van der Waals surface area contributed by atoms with E-state index in [-0.39, 0.29) is 24.4 Å². The van der Waals surface area contributed by atoms with Crippen LogP contribution in [-0.2, 0) is 17.9 Å². The van der Waals surface area contributed by atoms with E-state index in [0.717, 1.165) is 16.9 Å². The Bertz CT molecular complexity index is 1130. The molecule has 0 bridgehead atoms. The molecule has 1 heterocycles. The van der Waals surface area contributed by atoms with E-state index in [1.165, 1.54) is 12.7 Å². The van der Waals surface area contributed by atoms with Gasteiger partial charge in [0.2, 0.25) is 5.91 Å². The SMILES string of the molecule is CC[C@@H](C)N(CC(=O)N(Cc1ccccc1)Cc1sccc1C)C(=O)c1ccc(OC)cc1OC. The molecule has 1 aromatic heterocycles. The van der Waals surface area contributed by atoms with Crippen LogP contribution in [0.2, 0.25) is 0 Å². The Morgan fingerprint density at radius 1 is 1.00 bits per heavy atom. The van der Waals surface area contributed by atoms with Gasteiger partial charge >= 0.3 is 0 Å². The molecule has 3 rings (SSSR count). The molecule has 186 valence electrons. The van der Waals surface area contributed by atoms with Crippen molar-refractivity contribution in [3.05, 3.63) is 81.5 Å². The van der Waals surface area contributed by atoms with Gasteiger partial charge in [-0.2, -0.15) is 0 Å². The van der Waals surface area contributed by atoms with Crippen LogP contribution >= 0.6 is 11.3 Å². The quantitative estimate of drug-likeness (QED) is 0.351. The molecule has 0 radical (unpaired) electrons. The van der Waals surface area contributed by atoms with Crippen LogP contribution in [0, 0.1) is 6.92 Å². The first-order valence-electron chi connectivity index (χ1n) is 11.8. The Kier molecular flexibility index (Phi) is 9.32. The summed E-state index contributed by atoms with van der Waals surface area (Å²) in [5.41, 5.74) is 2.62. The molecule has 35 heavy (non-hydrogen) atoms. The number of rotatable bonds is 11. The molecular weight excluding hydrogens is 460 g/mol. The molecule has 0 spiro atoms. The van der Waals surface area contributed by atoms with Gasteiger partial charge < -0.3 is 19.3 Å². The molecule has 0 aliphatic rings. The van der Waals surface area contributed by atoms with Gasteiger partial charge in [0.05, 0.1) is 26.3 Å². The van der Waals surface area contributed by atoms with E-state index in [1.807, 2.05) is 54.5 Å². The third-order valence-corrected chi connectivity index (χ3v) is 7.21. The summed E-state index contributed by atoms with van der Waals surface area (Å²) in [6, 6.07) is 17.0. The van der Waals surface area contributed by atoms with E-state index in [2.05, 4.69) is 13.0 Å². The normalized spacial score (nSPS) is 11.6. The molecule has 6 nitrogen and oxygen atoms in total. The zero-order chi connectivity index (χ0) is 25.4. The summed E-state index contributed by atoms with van der Waals surface area (Å²) in [6.07, 6.45) is 0.722. The lowest BCUT2D eigenvalue weighted by Gasteiger charge is -2.32. The highest BCUT2D eigenvalue weighted by Crippen LogP contribution is 2.27. The number of methoxy groups -OCH3 is 2. The maximum atomic E-state index is 13.7. The second-order valence-electron chi connectivity index (χ2n) is 8.52.